The first-order valence-electron chi connectivity index (χ1n) is 9.03. The Labute approximate surface area is 180 Å². The molecule has 0 aliphatic carbocycles. The average Bonchev–Trinajstić information content (AvgIpc) is 3.36. The zero-order valence-corrected chi connectivity index (χ0v) is 17.4. The summed E-state index contributed by atoms with van der Waals surface area (Å²) in [6.07, 6.45) is 2.88. The molecule has 154 valence electrons. The zero-order chi connectivity index (χ0) is 21.4. The van der Waals surface area contributed by atoms with E-state index in [0.29, 0.717) is 5.56 Å². The van der Waals surface area contributed by atoms with Crippen molar-refractivity contribution in [3.05, 3.63) is 65.8 Å². The number of aromatic nitrogens is 4. The van der Waals surface area contributed by atoms with Gasteiger partial charge in [-0.2, -0.15) is 4.98 Å². The summed E-state index contributed by atoms with van der Waals surface area (Å²) in [5.41, 5.74) is 3.82. The van der Waals surface area contributed by atoms with E-state index in [0.717, 1.165) is 21.1 Å². The Morgan fingerprint density at radius 3 is 2.77 bits per heavy atom. The van der Waals surface area contributed by atoms with Gasteiger partial charge in [0.15, 0.2) is 11.7 Å². The Bertz CT molecular complexity index is 1540. The summed E-state index contributed by atoms with van der Waals surface area (Å²) < 4.78 is 28.2. The van der Waals surface area contributed by atoms with Crippen LogP contribution in [-0.4, -0.2) is 39.7 Å². The molecule has 5 aromatic rings. The first-order valence-corrected chi connectivity index (χ1v) is 11.4. The molecule has 2 aromatic carbocycles. The van der Waals surface area contributed by atoms with Crippen molar-refractivity contribution < 1.29 is 13.5 Å². The Hall–Kier alpha value is -3.83. The number of thiazole rings is 1. The van der Waals surface area contributed by atoms with Crippen LogP contribution >= 0.6 is 11.3 Å². The van der Waals surface area contributed by atoms with Gasteiger partial charge in [-0.1, -0.05) is 18.2 Å². The van der Waals surface area contributed by atoms with Crippen LogP contribution in [0.2, 0.25) is 0 Å². The lowest BCUT2D eigenvalue weighted by atomic mass is 10.1. The summed E-state index contributed by atoms with van der Waals surface area (Å²) in [6, 6.07) is 13.2. The number of H-pyrrole nitrogens is 1. The number of hydrogen-bond acceptors (Lipinski definition) is 8. The van der Waals surface area contributed by atoms with Crippen LogP contribution in [0.4, 0.5) is 11.8 Å². The fourth-order valence-electron chi connectivity index (χ4n) is 3.12. The minimum Gasteiger partial charge on any atom is -0.494 e. The van der Waals surface area contributed by atoms with Gasteiger partial charge in [-0.15, -0.1) is 11.3 Å². The monoisotopic (exact) mass is 450 g/mol. The molecule has 9 nitrogen and oxygen atoms in total. The summed E-state index contributed by atoms with van der Waals surface area (Å²) >= 11 is 1.47. The molecule has 11 heteroatoms. The van der Waals surface area contributed by atoms with E-state index in [4.69, 9.17) is 0 Å². The maximum Gasteiger partial charge on any atom is 0.264 e. The van der Waals surface area contributed by atoms with Crippen molar-refractivity contribution in [2.45, 2.75) is 4.90 Å². The van der Waals surface area contributed by atoms with E-state index in [1.807, 2.05) is 12.1 Å². The van der Waals surface area contributed by atoms with Crippen LogP contribution in [0, 0.1) is 0 Å². The third kappa shape index (κ3) is 3.60. The van der Waals surface area contributed by atoms with Gasteiger partial charge < -0.3 is 10.1 Å². The average molecular weight is 451 g/mol. The lowest BCUT2D eigenvalue weighted by Gasteiger charge is -2.06. The summed E-state index contributed by atoms with van der Waals surface area (Å²) in [7, 11) is -3.82. The fourth-order valence-corrected chi connectivity index (χ4v) is 4.94. The third-order valence-electron chi connectivity index (χ3n) is 4.52. The van der Waals surface area contributed by atoms with E-state index in [1.165, 1.54) is 41.9 Å². The van der Waals surface area contributed by atoms with Crippen molar-refractivity contribution in [2.75, 3.05) is 4.72 Å². The number of aromatic amines is 1. The van der Waals surface area contributed by atoms with E-state index < -0.39 is 10.0 Å². The van der Waals surface area contributed by atoms with E-state index in [9.17, 15) is 13.5 Å². The van der Waals surface area contributed by atoms with Gasteiger partial charge in [0.05, 0.1) is 31.7 Å². The second-order valence-corrected chi connectivity index (χ2v) is 9.03. The van der Waals surface area contributed by atoms with Gasteiger partial charge in [-0.3, -0.25) is 0 Å². The molecular weight excluding hydrogens is 436 g/mol. The van der Waals surface area contributed by atoms with Crippen molar-refractivity contribution in [1.82, 2.24) is 19.9 Å². The number of sulfonamides is 1. The SMILES string of the molecule is O=S(=O)(Nc1nccc(N=Cc2c(O)[nH]c3ccc4ncsc4c23)n1)c1ccccc1. The molecule has 0 atom stereocenters. The normalized spacial score (nSPS) is 12.1. The first-order chi connectivity index (χ1) is 15.0. The summed E-state index contributed by atoms with van der Waals surface area (Å²) in [5, 5.41) is 11.2. The van der Waals surface area contributed by atoms with Crippen LogP contribution in [0.5, 0.6) is 5.88 Å². The summed E-state index contributed by atoms with van der Waals surface area (Å²) in [6.45, 7) is 0. The second-order valence-electron chi connectivity index (χ2n) is 6.49. The number of aromatic hydroxyl groups is 1. The maximum atomic E-state index is 12.5. The van der Waals surface area contributed by atoms with E-state index in [2.05, 4.69) is 29.7 Å². The van der Waals surface area contributed by atoms with Gasteiger partial charge in [-0.05, 0) is 24.3 Å². The van der Waals surface area contributed by atoms with Gasteiger partial charge in [0.25, 0.3) is 10.0 Å². The van der Waals surface area contributed by atoms with Crippen molar-refractivity contribution in [2.24, 2.45) is 4.99 Å². The highest BCUT2D eigenvalue weighted by molar-refractivity contribution is 7.92. The molecule has 3 aromatic heterocycles. The van der Waals surface area contributed by atoms with Gasteiger partial charge in [-0.25, -0.2) is 28.1 Å². The predicted molar refractivity (Wildman–Crippen MR) is 120 cm³/mol. The van der Waals surface area contributed by atoms with Crippen molar-refractivity contribution in [3.8, 4) is 5.88 Å². The molecule has 0 aliphatic rings. The number of hydrogen-bond donors (Lipinski definition) is 3. The maximum absolute atomic E-state index is 12.5. The summed E-state index contributed by atoms with van der Waals surface area (Å²) in [5.74, 6) is 0.0937. The molecule has 0 fully saturated rings. The molecule has 0 aliphatic heterocycles. The Kier molecular flexibility index (Phi) is 4.60. The lowest BCUT2D eigenvalue weighted by Crippen LogP contribution is -2.14. The second kappa shape index (κ2) is 7.45. The van der Waals surface area contributed by atoms with E-state index in [-0.39, 0.29) is 22.5 Å². The van der Waals surface area contributed by atoms with Crippen LogP contribution in [0.1, 0.15) is 5.56 Å². The molecule has 3 N–H and O–H groups in total. The summed E-state index contributed by atoms with van der Waals surface area (Å²) in [4.78, 5) is 19.7. The van der Waals surface area contributed by atoms with Crippen molar-refractivity contribution in [3.63, 3.8) is 0 Å². The largest absolute Gasteiger partial charge is 0.494 e. The van der Waals surface area contributed by atoms with E-state index >= 15 is 0 Å². The quantitative estimate of drug-likeness (QED) is 0.349. The van der Waals surface area contributed by atoms with Gasteiger partial charge in [0.2, 0.25) is 5.95 Å². The van der Waals surface area contributed by atoms with E-state index in [1.54, 1.807) is 23.7 Å². The Balaban J connectivity index is 1.48. The number of fused-ring (bicyclic) bond motifs is 3. The molecule has 3 heterocycles. The molecule has 5 rings (SSSR count). The highest BCUT2D eigenvalue weighted by Gasteiger charge is 2.16. The molecular formula is C20H14N6O3S2. The molecule has 0 spiro atoms. The minimum absolute atomic E-state index is 0.0290. The molecule has 0 radical (unpaired) electrons. The van der Waals surface area contributed by atoms with Crippen LogP contribution in [0.15, 0.2) is 70.1 Å². The fraction of sp³-hybridized carbons (Fsp3) is 0. The Morgan fingerprint density at radius 2 is 1.94 bits per heavy atom. The smallest absolute Gasteiger partial charge is 0.264 e. The number of aliphatic imine (C=N–C) groups is 1. The topological polar surface area (TPSA) is 133 Å². The molecule has 0 unspecified atom stereocenters. The van der Waals surface area contributed by atoms with Crippen molar-refractivity contribution in [1.29, 1.82) is 0 Å². The number of rotatable bonds is 5. The lowest BCUT2D eigenvalue weighted by molar-refractivity contribution is 0.457. The zero-order valence-electron chi connectivity index (χ0n) is 15.7. The Morgan fingerprint density at radius 1 is 1.10 bits per heavy atom. The minimum atomic E-state index is -3.82. The molecule has 31 heavy (non-hydrogen) atoms. The van der Waals surface area contributed by atoms with Crippen LogP contribution in [0.3, 0.4) is 0 Å². The molecule has 0 bridgehead atoms. The molecule has 0 saturated carbocycles. The van der Waals surface area contributed by atoms with Crippen LogP contribution in [0.25, 0.3) is 21.1 Å². The number of nitrogens with zero attached hydrogens (tertiary/aromatic N) is 4. The highest BCUT2D eigenvalue weighted by Crippen LogP contribution is 2.34. The number of anilines is 1. The van der Waals surface area contributed by atoms with Gasteiger partial charge in [0, 0.05) is 23.9 Å². The van der Waals surface area contributed by atoms with Crippen molar-refractivity contribution >= 4 is 60.5 Å². The van der Waals surface area contributed by atoms with Crippen LogP contribution in [-0.2, 0) is 10.0 Å². The predicted octanol–water partition coefficient (Wildman–Crippen LogP) is 3.82. The number of benzene rings is 2. The number of nitrogens with one attached hydrogen (secondary N) is 2. The van der Waals surface area contributed by atoms with Crippen LogP contribution < -0.4 is 4.72 Å². The van der Waals surface area contributed by atoms with Gasteiger partial charge in [0.1, 0.15) is 0 Å². The molecule has 0 amide bonds. The molecule has 0 saturated heterocycles. The first kappa shape index (κ1) is 19.2. The third-order valence-corrected chi connectivity index (χ3v) is 6.73. The highest BCUT2D eigenvalue weighted by atomic mass is 32.2. The standard InChI is InChI=1S/C20H14N6O3S2/c27-19-13(17-14(24-19)6-7-15-18(17)30-11-23-15)10-22-16-8-9-21-20(25-16)26-31(28,29)12-4-2-1-3-5-12/h1-11,24,27H,(H,21,25,26). The van der Waals surface area contributed by atoms with Gasteiger partial charge >= 0.3 is 0 Å².